The summed E-state index contributed by atoms with van der Waals surface area (Å²) in [4.78, 5) is 20.5. The molecule has 5 nitrogen and oxygen atoms in total. The summed E-state index contributed by atoms with van der Waals surface area (Å²) in [5.74, 6) is -0.458. The standard InChI is InChI=1S/C18H20FN3O2/c19-16-6-1-2-7-17(16)24-14-18(23)22-11-9-21(10-12-22)13-15-5-3-4-8-20-15/h1-8H,9-14H2. The minimum atomic E-state index is -0.453. The van der Waals surface area contributed by atoms with Gasteiger partial charge in [-0.1, -0.05) is 18.2 Å². The second kappa shape index (κ2) is 7.88. The molecule has 1 amide bonds. The number of carbonyl (C=O) groups is 1. The van der Waals surface area contributed by atoms with Gasteiger partial charge in [0.1, 0.15) is 0 Å². The number of amides is 1. The molecule has 0 radical (unpaired) electrons. The van der Waals surface area contributed by atoms with E-state index in [0.717, 1.165) is 25.3 Å². The summed E-state index contributed by atoms with van der Waals surface area (Å²) in [7, 11) is 0. The molecule has 6 heteroatoms. The molecule has 1 saturated heterocycles. The summed E-state index contributed by atoms with van der Waals surface area (Å²) >= 11 is 0. The molecule has 2 aromatic rings. The van der Waals surface area contributed by atoms with Crippen LogP contribution < -0.4 is 4.74 Å². The topological polar surface area (TPSA) is 45.7 Å². The van der Waals surface area contributed by atoms with E-state index in [2.05, 4.69) is 9.88 Å². The monoisotopic (exact) mass is 329 g/mol. The van der Waals surface area contributed by atoms with Crippen molar-refractivity contribution in [2.75, 3.05) is 32.8 Å². The fourth-order valence-corrected chi connectivity index (χ4v) is 2.67. The Labute approximate surface area is 140 Å². The minimum absolute atomic E-state index is 0.111. The Morgan fingerprint density at radius 2 is 1.83 bits per heavy atom. The van der Waals surface area contributed by atoms with Gasteiger partial charge in [-0.15, -0.1) is 0 Å². The van der Waals surface area contributed by atoms with Crippen molar-refractivity contribution < 1.29 is 13.9 Å². The second-order valence-corrected chi connectivity index (χ2v) is 5.70. The molecule has 0 unspecified atom stereocenters. The van der Waals surface area contributed by atoms with Crippen LogP contribution in [-0.2, 0) is 11.3 Å². The predicted molar refractivity (Wildman–Crippen MR) is 88.0 cm³/mol. The maximum absolute atomic E-state index is 13.5. The molecular formula is C18H20FN3O2. The largest absolute Gasteiger partial charge is 0.481 e. The van der Waals surface area contributed by atoms with Gasteiger partial charge in [0.05, 0.1) is 5.69 Å². The number of nitrogens with zero attached hydrogens (tertiary/aromatic N) is 3. The van der Waals surface area contributed by atoms with E-state index < -0.39 is 5.82 Å². The predicted octanol–water partition coefficient (Wildman–Crippen LogP) is 1.94. The van der Waals surface area contributed by atoms with Crippen molar-refractivity contribution in [3.05, 3.63) is 60.2 Å². The van der Waals surface area contributed by atoms with E-state index in [0.29, 0.717) is 13.1 Å². The van der Waals surface area contributed by atoms with Crippen LogP contribution in [0.5, 0.6) is 5.75 Å². The number of aromatic nitrogens is 1. The van der Waals surface area contributed by atoms with Crippen molar-refractivity contribution in [1.82, 2.24) is 14.8 Å². The van der Waals surface area contributed by atoms with E-state index in [1.54, 1.807) is 23.2 Å². The Kier molecular flexibility index (Phi) is 5.38. The molecule has 1 aromatic carbocycles. The highest BCUT2D eigenvalue weighted by Gasteiger charge is 2.21. The third-order valence-electron chi connectivity index (χ3n) is 4.02. The van der Waals surface area contributed by atoms with Crippen molar-refractivity contribution in [1.29, 1.82) is 0 Å². The normalized spacial score (nSPS) is 15.3. The summed E-state index contributed by atoms with van der Waals surface area (Å²) in [6.07, 6.45) is 1.79. The molecule has 0 N–H and O–H groups in total. The lowest BCUT2D eigenvalue weighted by Gasteiger charge is -2.34. The van der Waals surface area contributed by atoms with Crippen LogP contribution in [0.1, 0.15) is 5.69 Å². The van der Waals surface area contributed by atoms with Gasteiger partial charge in [0.25, 0.3) is 5.91 Å². The number of carbonyl (C=O) groups excluding carboxylic acids is 1. The molecule has 1 aliphatic rings. The molecule has 0 spiro atoms. The molecule has 0 aliphatic carbocycles. The van der Waals surface area contributed by atoms with Gasteiger partial charge in [0.15, 0.2) is 18.2 Å². The third-order valence-corrected chi connectivity index (χ3v) is 4.02. The van der Waals surface area contributed by atoms with Crippen LogP contribution in [0.25, 0.3) is 0 Å². The Balaban J connectivity index is 1.44. The third kappa shape index (κ3) is 4.29. The molecule has 0 atom stereocenters. The van der Waals surface area contributed by atoms with Gasteiger partial charge in [-0.05, 0) is 24.3 Å². The molecule has 0 bridgehead atoms. The van der Waals surface area contributed by atoms with Crippen LogP contribution in [0.2, 0.25) is 0 Å². The average molecular weight is 329 g/mol. The summed E-state index contributed by atoms with van der Waals surface area (Å²) in [5, 5.41) is 0. The highest BCUT2D eigenvalue weighted by atomic mass is 19.1. The first kappa shape index (κ1) is 16.4. The van der Waals surface area contributed by atoms with Gasteiger partial charge in [-0.25, -0.2) is 4.39 Å². The van der Waals surface area contributed by atoms with Crippen LogP contribution in [0, 0.1) is 5.82 Å². The zero-order valence-corrected chi connectivity index (χ0v) is 13.4. The summed E-state index contributed by atoms with van der Waals surface area (Å²) in [6, 6.07) is 12.0. The number of hydrogen-bond acceptors (Lipinski definition) is 4. The van der Waals surface area contributed by atoms with Crippen molar-refractivity contribution in [3.63, 3.8) is 0 Å². The highest BCUT2D eigenvalue weighted by molar-refractivity contribution is 5.77. The van der Waals surface area contributed by atoms with Crippen molar-refractivity contribution in [3.8, 4) is 5.75 Å². The zero-order valence-electron chi connectivity index (χ0n) is 13.4. The minimum Gasteiger partial charge on any atom is -0.481 e. The first-order valence-electron chi connectivity index (χ1n) is 8.00. The Morgan fingerprint density at radius 3 is 2.54 bits per heavy atom. The molecule has 1 fully saturated rings. The van der Waals surface area contributed by atoms with Crippen molar-refractivity contribution >= 4 is 5.91 Å². The van der Waals surface area contributed by atoms with Crippen LogP contribution in [-0.4, -0.2) is 53.5 Å². The molecule has 3 rings (SSSR count). The lowest BCUT2D eigenvalue weighted by Crippen LogP contribution is -2.49. The molecule has 1 aliphatic heterocycles. The van der Waals surface area contributed by atoms with Crippen LogP contribution >= 0.6 is 0 Å². The molecule has 1 aromatic heterocycles. The molecular weight excluding hydrogens is 309 g/mol. The first-order chi connectivity index (χ1) is 11.7. The van der Waals surface area contributed by atoms with Crippen molar-refractivity contribution in [2.24, 2.45) is 0 Å². The fourth-order valence-electron chi connectivity index (χ4n) is 2.67. The average Bonchev–Trinajstić information content (AvgIpc) is 2.62. The van der Waals surface area contributed by atoms with Gasteiger partial charge >= 0.3 is 0 Å². The van der Waals surface area contributed by atoms with Crippen LogP contribution in [0.3, 0.4) is 0 Å². The van der Waals surface area contributed by atoms with Crippen LogP contribution in [0.15, 0.2) is 48.7 Å². The lowest BCUT2D eigenvalue weighted by molar-refractivity contribution is -0.135. The van der Waals surface area contributed by atoms with E-state index in [1.165, 1.54) is 12.1 Å². The van der Waals surface area contributed by atoms with Crippen molar-refractivity contribution in [2.45, 2.75) is 6.54 Å². The van der Waals surface area contributed by atoms with Gasteiger partial charge in [-0.2, -0.15) is 0 Å². The van der Waals surface area contributed by atoms with E-state index in [1.807, 2.05) is 18.2 Å². The highest BCUT2D eigenvalue weighted by Crippen LogP contribution is 2.15. The van der Waals surface area contributed by atoms with Gasteiger partial charge in [0, 0.05) is 38.9 Å². The Hall–Kier alpha value is -2.47. The quantitative estimate of drug-likeness (QED) is 0.841. The fraction of sp³-hybridized carbons (Fsp3) is 0.333. The Morgan fingerprint density at radius 1 is 1.08 bits per heavy atom. The number of pyridine rings is 1. The number of ether oxygens (including phenoxy) is 1. The molecule has 2 heterocycles. The number of para-hydroxylation sites is 1. The number of benzene rings is 1. The van der Waals surface area contributed by atoms with E-state index in [4.69, 9.17) is 4.74 Å². The molecule has 0 saturated carbocycles. The number of halogens is 1. The lowest BCUT2D eigenvalue weighted by atomic mass is 10.2. The first-order valence-corrected chi connectivity index (χ1v) is 8.00. The summed E-state index contributed by atoms with van der Waals surface area (Å²) in [6.45, 7) is 3.53. The van der Waals surface area contributed by atoms with E-state index in [-0.39, 0.29) is 18.3 Å². The van der Waals surface area contributed by atoms with Crippen LogP contribution in [0.4, 0.5) is 4.39 Å². The second-order valence-electron chi connectivity index (χ2n) is 5.70. The number of rotatable bonds is 5. The maximum atomic E-state index is 13.5. The van der Waals surface area contributed by atoms with E-state index in [9.17, 15) is 9.18 Å². The van der Waals surface area contributed by atoms with Gasteiger partial charge < -0.3 is 9.64 Å². The Bertz CT molecular complexity index is 673. The zero-order chi connectivity index (χ0) is 16.8. The smallest absolute Gasteiger partial charge is 0.260 e. The molecule has 126 valence electrons. The molecule has 24 heavy (non-hydrogen) atoms. The van der Waals surface area contributed by atoms with Gasteiger partial charge in [0.2, 0.25) is 0 Å². The maximum Gasteiger partial charge on any atom is 0.260 e. The number of hydrogen-bond donors (Lipinski definition) is 0. The summed E-state index contributed by atoms with van der Waals surface area (Å²) < 4.78 is 18.8. The summed E-state index contributed by atoms with van der Waals surface area (Å²) in [5.41, 5.74) is 1.03. The SMILES string of the molecule is O=C(COc1ccccc1F)N1CCN(Cc2ccccn2)CC1. The number of piperazine rings is 1. The van der Waals surface area contributed by atoms with Gasteiger partial charge in [-0.3, -0.25) is 14.7 Å². The van der Waals surface area contributed by atoms with E-state index >= 15 is 0 Å².